The summed E-state index contributed by atoms with van der Waals surface area (Å²) >= 11 is 10.5. The van der Waals surface area contributed by atoms with Crippen molar-refractivity contribution in [2.75, 3.05) is 5.88 Å². The summed E-state index contributed by atoms with van der Waals surface area (Å²) in [6.07, 6.45) is 0.734. The Morgan fingerprint density at radius 1 is 1.20 bits per heavy atom. The molecule has 2 rings (SSSR count). The van der Waals surface area contributed by atoms with Gasteiger partial charge in [0.25, 0.3) is 0 Å². The average Bonchev–Trinajstić information content (AvgIpc) is 2.83. The topological polar surface area (TPSA) is 46.2 Å². The van der Waals surface area contributed by atoms with Crippen molar-refractivity contribution in [3.8, 4) is 0 Å². The predicted molar refractivity (Wildman–Crippen MR) is 86.9 cm³/mol. The number of aryl methyl sites for hydroxylation is 1. The van der Waals surface area contributed by atoms with Crippen LogP contribution in [0.25, 0.3) is 0 Å². The molecule has 1 aromatic heterocycles. The summed E-state index contributed by atoms with van der Waals surface area (Å²) < 4.78 is 27.8. The summed E-state index contributed by atoms with van der Waals surface area (Å²) in [5.41, 5.74) is 1.03. The molecular formula is C13H13BrClNO2S2. The van der Waals surface area contributed by atoms with Gasteiger partial charge in [-0.3, -0.25) is 0 Å². The molecule has 3 nitrogen and oxygen atoms in total. The second-order valence-corrected chi connectivity index (χ2v) is 8.10. The van der Waals surface area contributed by atoms with Crippen molar-refractivity contribution in [2.24, 2.45) is 0 Å². The van der Waals surface area contributed by atoms with Gasteiger partial charge in [-0.25, -0.2) is 13.1 Å². The molecule has 0 bridgehead atoms. The van der Waals surface area contributed by atoms with Crippen LogP contribution in [-0.2, 0) is 23.0 Å². The van der Waals surface area contributed by atoms with Crippen molar-refractivity contribution < 1.29 is 8.42 Å². The van der Waals surface area contributed by atoms with Crippen LogP contribution in [0.2, 0.25) is 0 Å². The maximum absolute atomic E-state index is 12.2. The van der Waals surface area contributed by atoms with Crippen LogP contribution >= 0.6 is 38.9 Å². The van der Waals surface area contributed by atoms with E-state index < -0.39 is 10.0 Å². The zero-order valence-electron chi connectivity index (χ0n) is 10.5. The van der Waals surface area contributed by atoms with Gasteiger partial charge in [-0.15, -0.1) is 22.9 Å². The lowest BCUT2D eigenvalue weighted by atomic mass is 10.2. The monoisotopic (exact) mass is 393 g/mol. The fourth-order valence-electron chi connectivity index (χ4n) is 1.64. The number of thiophene rings is 1. The fourth-order valence-corrected chi connectivity index (χ4v) is 4.38. The van der Waals surface area contributed by atoms with Crippen LogP contribution in [0.5, 0.6) is 0 Å². The van der Waals surface area contributed by atoms with Crippen LogP contribution in [0.4, 0.5) is 0 Å². The molecule has 0 amide bonds. The van der Waals surface area contributed by atoms with Gasteiger partial charge in [0, 0.05) is 21.8 Å². The highest BCUT2D eigenvalue weighted by Gasteiger charge is 2.14. The minimum atomic E-state index is -3.48. The number of hydrogen-bond acceptors (Lipinski definition) is 3. The Morgan fingerprint density at radius 2 is 1.90 bits per heavy atom. The Morgan fingerprint density at radius 3 is 2.45 bits per heavy atom. The van der Waals surface area contributed by atoms with Crippen LogP contribution in [0, 0.1) is 0 Å². The number of rotatable bonds is 6. The van der Waals surface area contributed by atoms with E-state index in [1.54, 1.807) is 24.3 Å². The normalized spacial score (nSPS) is 11.7. The molecule has 1 aromatic carbocycles. The second kappa shape index (κ2) is 7.04. The molecule has 0 aliphatic heterocycles. The van der Waals surface area contributed by atoms with Crippen molar-refractivity contribution in [2.45, 2.75) is 17.9 Å². The second-order valence-electron chi connectivity index (χ2n) is 4.10. The number of hydrogen-bond donors (Lipinski definition) is 1. The molecule has 0 aliphatic rings. The fraction of sp³-hybridized carbons (Fsp3) is 0.231. The molecule has 0 saturated carbocycles. The van der Waals surface area contributed by atoms with E-state index in [-0.39, 0.29) is 11.4 Å². The van der Waals surface area contributed by atoms with Crippen molar-refractivity contribution in [3.05, 3.63) is 50.6 Å². The number of benzene rings is 1. The van der Waals surface area contributed by atoms with Crippen LogP contribution in [-0.4, -0.2) is 14.3 Å². The molecule has 7 heteroatoms. The van der Waals surface area contributed by atoms with Gasteiger partial charge in [-0.2, -0.15) is 0 Å². The first-order valence-corrected chi connectivity index (χ1v) is 9.58. The lowest BCUT2D eigenvalue weighted by Gasteiger charge is -2.07. The Labute approximate surface area is 136 Å². The molecule has 0 unspecified atom stereocenters. The molecule has 0 aliphatic carbocycles. The summed E-state index contributed by atoms with van der Waals surface area (Å²) in [6.45, 7) is 0.282. The number of halogens is 2. The van der Waals surface area contributed by atoms with Gasteiger partial charge in [0.15, 0.2) is 0 Å². The standard InChI is InChI=1S/C13H13BrClNO2S2/c14-12-6-8-19-13(12)9-16-20(17,18)11-3-1-10(2-4-11)5-7-15/h1-4,6,8,16H,5,7,9H2. The van der Waals surface area contributed by atoms with Gasteiger partial charge in [0.2, 0.25) is 10.0 Å². The summed E-state index contributed by atoms with van der Waals surface area (Å²) in [4.78, 5) is 1.22. The van der Waals surface area contributed by atoms with E-state index in [0.29, 0.717) is 5.88 Å². The first-order chi connectivity index (χ1) is 9.53. The summed E-state index contributed by atoms with van der Waals surface area (Å²) in [5.74, 6) is 0.525. The lowest BCUT2D eigenvalue weighted by Crippen LogP contribution is -2.22. The summed E-state index contributed by atoms with van der Waals surface area (Å²) in [5, 5.41) is 1.91. The maximum Gasteiger partial charge on any atom is 0.240 e. The van der Waals surface area contributed by atoms with Crippen molar-refractivity contribution in [1.29, 1.82) is 0 Å². The zero-order chi connectivity index (χ0) is 14.6. The molecule has 1 heterocycles. The number of nitrogens with one attached hydrogen (secondary N) is 1. The third-order valence-corrected chi connectivity index (χ3v) is 6.26. The number of alkyl halides is 1. The molecule has 108 valence electrons. The Bertz CT molecular complexity index is 668. The molecule has 20 heavy (non-hydrogen) atoms. The van der Waals surface area contributed by atoms with Gasteiger partial charge in [0.1, 0.15) is 0 Å². The third-order valence-electron chi connectivity index (χ3n) is 2.73. The highest BCUT2D eigenvalue weighted by atomic mass is 79.9. The van der Waals surface area contributed by atoms with Gasteiger partial charge in [-0.1, -0.05) is 12.1 Å². The Balaban J connectivity index is 2.08. The highest BCUT2D eigenvalue weighted by molar-refractivity contribution is 9.10. The van der Waals surface area contributed by atoms with E-state index in [1.165, 1.54) is 11.3 Å². The summed E-state index contributed by atoms with van der Waals surface area (Å²) in [7, 11) is -3.48. The van der Waals surface area contributed by atoms with E-state index in [0.717, 1.165) is 21.3 Å². The Kier molecular flexibility index (Phi) is 5.63. The first-order valence-electron chi connectivity index (χ1n) is 5.89. The van der Waals surface area contributed by atoms with E-state index in [9.17, 15) is 8.42 Å². The molecule has 0 fully saturated rings. The van der Waals surface area contributed by atoms with Crippen LogP contribution in [0.3, 0.4) is 0 Å². The van der Waals surface area contributed by atoms with Crippen molar-refractivity contribution in [3.63, 3.8) is 0 Å². The zero-order valence-corrected chi connectivity index (χ0v) is 14.4. The molecular weight excluding hydrogens is 382 g/mol. The minimum absolute atomic E-state index is 0.267. The maximum atomic E-state index is 12.2. The SMILES string of the molecule is O=S(=O)(NCc1sccc1Br)c1ccc(CCCl)cc1. The third kappa shape index (κ3) is 4.05. The van der Waals surface area contributed by atoms with E-state index in [1.807, 2.05) is 11.4 Å². The largest absolute Gasteiger partial charge is 0.240 e. The van der Waals surface area contributed by atoms with Crippen LogP contribution < -0.4 is 4.72 Å². The van der Waals surface area contributed by atoms with Gasteiger partial charge < -0.3 is 0 Å². The van der Waals surface area contributed by atoms with E-state index in [2.05, 4.69) is 20.7 Å². The van der Waals surface area contributed by atoms with Crippen LogP contribution in [0.1, 0.15) is 10.4 Å². The lowest BCUT2D eigenvalue weighted by molar-refractivity contribution is 0.581. The molecule has 1 N–H and O–H groups in total. The average molecular weight is 395 g/mol. The minimum Gasteiger partial charge on any atom is -0.207 e. The highest BCUT2D eigenvalue weighted by Crippen LogP contribution is 2.23. The van der Waals surface area contributed by atoms with Crippen molar-refractivity contribution >= 4 is 48.9 Å². The first kappa shape index (κ1) is 16.0. The molecule has 2 aromatic rings. The molecule has 0 atom stereocenters. The summed E-state index contributed by atoms with van der Waals surface area (Å²) in [6, 6.07) is 8.69. The quantitative estimate of drug-likeness (QED) is 0.758. The molecule has 0 radical (unpaired) electrons. The van der Waals surface area contributed by atoms with E-state index >= 15 is 0 Å². The predicted octanol–water partition coefficient (Wildman–Crippen LogP) is 3.77. The van der Waals surface area contributed by atoms with Gasteiger partial charge in [-0.05, 0) is 51.5 Å². The van der Waals surface area contributed by atoms with Gasteiger partial charge in [0.05, 0.1) is 4.90 Å². The van der Waals surface area contributed by atoms with E-state index in [4.69, 9.17) is 11.6 Å². The number of sulfonamides is 1. The molecule has 0 saturated heterocycles. The Hall–Kier alpha value is -0.400. The molecule has 0 spiro atoms. The smallest absolute Gasteiger partial charge is 0.207 e. The van der Waals surface area contributed by atoms with Crippen LogP contribution in [0.15, 0.2) is 45.1 Å². The van der Waals surface area contributed by atoms with Gasteiger partial charge >= 0.3 is 0 Å². The van der Waals surface area contributed by atoms with Crippen molar-refractivity contribution in [1.82, 2.24) is 4.72 Å².